The molecule has 0 aromatic rings. The highest BCUT2D eigenvalue weighted by atomic mass is 32.2. The van der Waals surface area contributed by atoms with Crippen molar-refractivity contribution in [3.63, 3.8) is 0 Å². The molecule has 1 atom stereocenters. The van der Waals surface area contributed by atoms with Crippen molar-refractivity contribution in [2.75, 3.05) is 18.1 Å². The molecule has 16 heavy (non-hydrogen) atoms. The molecule has 0 aliphatic rings. The molecular formula is C8H13NO5S2. The molecule has 0 saturated heterocycles. The lowest BCUT2D eigenvalue weighted by Crippen LogP contribution is -2.27. The number of hydrogen-bond donors (Lipinski definition) is 2. The van der Waals surface area contributed by atoms with Crippen LogP contribution in [0.1, 0.15) is 0 Å². The topological polar surface area (TPSA) is 101 Å². The van der Waals surface area contributed by atoms with Crippen LogP contribution in [0.4, 0.5) is 0 Å². The predicted octanol–water partition coefficient (Wildman–Crippen LogP) is -0.561. The third-order valence-electron chi connectivity index (χ3n) is 1.31. The Morgan fingerprint density at radius 2 is 2.12 bits per heavy atom. The van der Waals surface area contributed by atoms with Gasteiger partial charge in [-0.3, -0.25) is 13.6 Å². The van der Waals surface area contributed by atoms with Crippen LogP contribution in [0.15, 0.2) is 24.1 Å². The number of hydrogen-bond acceptors (Lipinski definition) is 4. The van der Waals surface area contributed by atoms with Crippen LogP contribution >= 0.6 is 0 Å². The largest absolute Gasteiger partial charge is 0.351 e. The van der Waals surface area contributed by atoms with Crippen molar-refractivity contribution in [2.24, 2.45) is 0 Å². The molecule has 0 fully saturated rings. The summed E-state index contributed by atoms with van der Waals surface area (Å²) >= 11 is 0. The van der Waals surface area contributed by atoms with E-state index in [1.165, 1.54) is 11.5 Å². The van der Waals surface area contributed by atoms with Crippen molar-refractivity contribution in [1.82, 2.24) is 5.32 Å². The maximum Gasteiger partial charge on any atom is 0.266 e. The molecule has 0 saturated carbocycles. The lowest BCUT2D eigenvalue weighted by atomic mass is 10.5. The monoisotopic (exact) mass is 267 g/mol. The summed E-state index contributed by atoms with van der Waals surface area (Å²) in [7, 11) is -5.36. The molecule has 0 aliphatic heterocycles. The molecule has 2 N–H and O–H groups in total. The van der Waals surface area contributed by atoms with Crippen molar-refractivity contribution in [3.8, 4) is 0 Å². The minimum atomic E-state index is -4.07. The highest BCUT2D eigenvalue weighted by molar-refractivity contribution is 7.88. The molecule has 8 heteroatoms. The summed E-state index contributed by atoms with van der Waals surface area (Å²) in [6, 6.07) is 0. The van der Waals surface area contributed by atoms with Crippen molar-refractivity contribution >= 4 is 26.8 Å². The average molecular weight is 267 g/mol. The van der Waals surface area contributed by atoms with E-state index in [2.05, 4.69) is 11.9 Å². The van der Waals surface area contributed by atoms with Gasteiger partial charge in [0.1, 0.15) is 0 Å². The van der Waals surface area contributed by atoms with Gasteiger partial charge in [-0.15, -0.1) is 6.58 Å². The zero-order valence-electron chi connectivity index (χ0n) is 8.46. The minimum absolute atomic E-state index is 0.198. The van der Waals surface area contributed by atoms with Gasteiger partial charge in [-0.05, 0) is 0 Å². The second-order valence-corrected chi connectivity index (χ2v) is 5.65. The second kappa shape index (κ2) is 7.31. The molecule has 0 aliphatic carbocycles. The molecule has 0 spiro atoms. The fourth-order valence-corrected chi connectivity index (χ4v) is 1.65. The van der Waals surface area contributed by atoms with E-state index in [9.17, 15) is 17.4 Å². The molecule has 0 bridgehead atoms. The van der Waals surface area contributed by atoms with Crippen molar-refractivity contribution in [1.29, 1.82) is 0 Å². The molecule has 1 unspecified atom stereocenters. The number of rotatable bonds is 7. The first kappa shape index (κ1) is 15.0. The molecule has 6 nitrogen and oxygen atoms in total. The van der Waals surface area contributed by atoms with Gasteiger partial charge in [0.25, 0.3) is 10.1 Å². The first-order valence-corrected chi connectivity index (χ1v) is 7.23. The van der Waals surface area contributed by atoms with Crippen LogP contribution < -0.4 is 5.32 Å². The van der Waals surface area contributed by atoms with E-state index in [0.29, 0.717) is 0 Å². The Morgan fingerprint density at radius 1 is 1.50 bits per heavy atom. The SMILES string of the molecule is C=CCS(=O)C=CC(=O)NCCS(=O)(=O)O. The standard InChI is InChI=1S/C8H13NO5S2/c1-2-5-15(11)6-3-8(10)9-4-7-16(12,13)14/h2-3,6H,1,4-5,7H2,(H,9,10)(H,12,13,14). The highest BCUT2D eigenvalue weighted by Crippen LogP contribution is 1.86. The molecule has 0 radical (unpaired) electrons. The Labute approximate surface area is 96.6 Å². The maximum atomic E-state index is 11.0. The number of nitrogens with one attached hydrogen (secondary N) is 1. The summed E-state index contributed by atoms with van der Waals surface area (Å²) in [5.41, 5.74) is 0. The number of carbonyl (C=O) groups is 1. The van der Waals surface area contributed by atoms with E-state index in [0.717, 1.165) is 6.08 Å². The minimum Gasteiger partial charge on any atom is -0.351 e. The number of carbonyl (C=O) groups excluding carboxylic acids is 1. The number of amides is 1. The van der Waals surface area contributed by atoms with Crippen molar-refractivity contribution in [2.45, 2.75) is 0 Å². The molecule has 0 rings (SSSR count). The van der Waals surface area contributed by atoms with Crippen LogP contribution in [-0.4, -0.2) is 41.1 Å². The Bertz CT molecular complexity index is 399. The van der Waals surface area contributed by atoms with Crippen molar-refractivity contribution < 1.29 is 22.0 Å². The highest BCUT2D eigenvalue weighted by Gasteiger charge is 2.04. The average Bonchev–Trinajstić information content (AvgIpc) is 2.13. The van der Waals surface area contributed by atoms with E-state index < -0.39 is 32.6 Å². The van der Waals surface area contributed by atoms with Gasteiger partial charge < -0.3 is 5.32 Å². The van der Waals surface area contributed by atoms with Crippen LogP contribution in [0.2, 0.25) is 0 Å². The zero-order chi connectivity index (χ0) is 12.6. The maximum absolute atomic E-state index is 11.0. The van der Waals surface area contributed by atoms with Gasteiger partial charge >= 0.3 is 0 Å². The summed E-state index contributed by atoms with van der Waals surface area (Å²) in [4.78, 5) is 11.0. The Morgan fingerprint density at radius 3 is 2.62 bits per heavy atom. The third kappa shape index (κ3) is 9.56. The van der Waals surface area contributed by atoms with Crippen LogP contribution in [0.5, 0.6) is 0 Å². The van der Waals surface area contributed by atoms with Gasteiger partial charge in [-0.2, -0.15) is 8.42 Å². The quantitative estimate of drug-likeness (QED) is 0.366. The van der Waals surface area contributed by atoms with Gasteiger partial charge in [-0.25, -0.2) is 0 Å². The smallest absolute Gasteiger partial charge is 0.266 e. The predicted molar refractivity (Wildman–Crippen MR) is 61.8 cm³/mol. The van der Waals surface area contributed by atoms with Gasteiger partial charge in [0.2, 0.25) is 5.91 Å². The first-order chi connectivity index (χ1) is 7.35. The summed E-state index contributed by atoms with van der Waals surface area (Å²) in [6.07, 6.45) is 2.50. The second-order valence-electron chi connectivity index (χ2n) is 2.72. The zero-order valence-corrected chi connectivity index (χ0v) is 10.1. The molecule has 1 amide bonds. The first-order valence-electron chi connectivity index (χ1n) is 4.24. The van der Waals surface area contributed by atoms with Crippen molar-refractivity contribution in [3.05, 3.63) is 24.1 Å². The Hall–Kier alpha value is -0.990. The van der Waals surface area contributed by atoms with E-state index >= 15 is 0 Å². The summed E-state index contributed by atoms with van der Waals surface area (Å²) < 4.78 is 40.0. The van der Waals surface area contributed by atoms with Crippen LogP contribution in [0.25, 0.3) is 0 Å². The van der Waals surface area contributed by atoms with Crippen LogP contribution in [0, 0.1) is 0 Å². The lowest BCUT2D eigenvalue weighted by Gasteiger charge is -1.99. The van der Waals surface area contributed by atoms with Crippen LogP contribution in [-0.2, 0) is 25.7 Å². The Kier molecular flexibility index (Phi) is 6.86. The molecule has 92 valence electrons. The van der Waals surface area contributed by atoms with E-state index in [-0.39, 0.29) is 12.3 Å². The fourth-order valence-electron chi connectivity index (χ4n) is 0.672. The third-order valence-corrected chi connectivity index (χ3v) is 3.04. The Balaban J connectivity index is 3.91. The summed E-state index contributed by atoms with van der Waals surface area (Å²) in [6.45, 7) is 3.18. The van der Waals surface area contributed by atoms with Crippen LogP contribution in [0.3, 0.4) is 0 Å². The molecule has 0 aromatic heterocycles. The normalized spacial score (nSPS) is 13.6. The molecular weight excluding hydrogens is 254 g/mol. The van der Waals surface area contributed by atoms with Gasteiger partial charge in [-0.1, -0.05) is 6.08 Å². The lowest BCUT2D eigenvalue weighted by molar-refractivity contribution is -0.116. The van der Waals surface area contributed by atoms with Gasteiger partial charge in [0, 0.05) is 34.6 Å². The molecule has 0 aromatic carbocycles. The van der Waals surface area contributed by atoms with E-state index in [4.69, 9.17) is 4.55 Å². The molecule has 0 heterocycles. The van der Waals surface area contributed by atoms with E-state index in [1.807, 2.05) is 0 Å². The fraction of sp³-hybridized carbons (Fsp3) is 0.375. The summed E-state index contributed by atoms with van der Waals surface area (Å²) in [5, 5.41) is 3.40. The van der Waals surface area contributed by atoms with E-state index in [1.54, 1.807) is 0 Å². The van der Waals surface area contributed by atoms with Gasteiger partial charge in [0.05, 0.1) is 5.75 Å². The van der Waals surface area contributed by atoms with Gasteiger partial charge in [0.15, 0.2) is 0 Å². The summed E-state index contributed by atoms with van der Waals surface area (Å²) in [5.74, 6) is -0.877.